The number of carbonyl (C=O) groups is 1. The number of morpholine rings is 1. The quantitative estimate of drug-likeness (QED) is 0.885. The zero-order valence-corrected chi connectivity index (χ0v) is 14.2. The molecule has 6 heteroatoms. The molecule has 0 bridgehead atoms. The third-order valence-electron chi connectivity index (χ3n) is 5.42. The molecule has 2 aliphatic rings. The summed E-state index contributed by atoms with van der Waals surface area (Å²) in [7, 11) is 0. The lowest BCUT2D eigenvalue weighted by Gasteiger charge is -2.37. The summed E-state index contributed by atoms with van der Waals surface area (Å²) in [5, 5.41) is 10.6. The maximum absolute atomic E-state index is 11.6. The lowest BCUT2D eigenvalue weighted by atomic mass is 9.88. The fourth-order valence-corrected chi connectivity index (χ4v) is 4.30. The molecule has 1 aliphatic carbocycles. The molecule has 1 unspecified atom stereocenters. The first kappa shape index (κ1) is 15.6. The topological polar surface area (TPSA) is 78.4 Å². The molecule has 0 amide bonds. The molecule has 128 valence electrons. The number of fused-ring (bicyclic) bond motifs is 3. The number of carboxylic acids is 1. The highest BCUT2D eigenvalue weighted by molar-refractivity contribution is 5.98. The van der Waals surface area contributed by atoms with Crippen molar-refractivity contribution in [1.82, 2.24) is 14.9 Å². The number of aromatic amines is 1. The molecule has 1 saturated heterocycles. The summed E-state index contributed by atoms with van der Waals surface area (Å²) in [6.07, 6.45) is 3.29. The first-order valence-electron chi connectivity index (χ1n) is 8.64. The average molecular weight is 329 g/mol. The zero-order valence-electron chi connectivity index (χ0n) is 14.2. The molecule has 2 aromatic heterocycles. The normalized spacial score (nSPS) is 21.8. The van der Waals surface area contributed by atoms with Gasteiger partial charge in [-0.15, -0.1) is 0 Å². The van der Waals surface area contributed by atoms with E-state index in [-0.39, 0.29) is 5.69 Å². The molecule has 1 atom stereocenters. The van der Waals surface area contributed by atoms with Crippen LogP contribution in [0.15, 0.2) is 0 Å². The van der Waals surface area contributed by atoms with Crippen LogP contribution in [-0.4, -0.2) is 52.2 Å². The number of carboxylic acid groups (broad SMARTS) is 1. The van der Waals surface area contributed by atoms with E-state index in [0.29, 0.717) is 6.04 Å². The summed E-state index contributed by atoms with van der Waals surface area (Å²) >= 11 is 0. The standard InChI is InChI=1S/C18H23N3O3/c1-10-14-15-12(20-17(14)11(2)19-16(10)18(22)23)4-3-5-13(15)21-6-8-24-9-7-21/h13,20H,3-9H2,1-2H3,(H,22,23). The van der Waals surface area contributed by atoms with Gasteiger partial charge in [0.1, 0.15) is 0 Å². The largest absolute Gasteiger partial charge is 0.477 e. The smallest absolute Gasteiger partial charge is 0.354 e. The number of pyridine rings is 1. The molecule has 4 rings (SSSR count). The number of aromatic carboxylic acids is 1. The van der Waals surface area contributed by atoms with E-state index in [9.17, 15) is 9.90 Å². The first-order valence-corrected chi connectivity index (χ1v) is 8.64. The van der Waals surface area contributed by atoms with Crippen molar-refractivity contribution in [3.05, 3.63) is 28.2 Å². The van der Waals surface area contributed by atoms with Crippen LogP contribution >= 0.6 is 0 Å². The molecule has 3 heterocycles. The molecule has 24 heavy (non-hydrogen) atoms. The van der Waals surface area contributed by atoms with E-state index in [0.717, 1.165) is 67.7 Å². The van der Waals surface area contributed by atoms with Gasteiger partial charge in [0, 0.05) is 30.2 Å². The van der Waals surface area contributed by atoms with E-state index in [2.05, 4.69) is 14.9 Å². The van der Waals surface area contributed by atoms with E-state index >= 15 is 0 Å². The Morgan fingerprint density at radius 2 is 2.08 bits per heavy atom. The van der Waals surface area contributed by atoms with E-state index in [1.165, 1.54) is 11.3 Å². The second-order valence-corrected chi connectivity index (χ2v) is 6.80. The number of hydrogen-bond acceptors (Lipinski definition) is 4. The number of ether oxygens (including phenoxy) is 1. The first-order chi connectivity index (χ1) is 11.6. The van der Waals surface area contributed by atoms with Crippen molar-refractivity contribution < 1.29 is 14.6 Å². The van der Waals surface area contributed by atoms with Crippen molar-refractivity contribution in [2.45, 2.75) is 39.2 Å². The predicted octanol–water partition coefficient (Wildman–Crippen LogP) is 2.59. The zero-order chi connectivity index (χ0) is 16.8. The molecule has 2 N–H and O–H groups in total. The predicted molar refractivity (Wildman–Crippen MR) is 90.6 cm³/mol. The van der Waals surface area contributed by atoms with E-state index in [1.807, 2.05) is 13.8 Å². The molecule has 0 saturated carbocycles. The Morgan fingerprint density at radius 3 is 2.79 bits per heavy atom. The lowest BCUT2D eigenvalue weighted by molar-refractivity contribution is 0.0127. The number of rotatable bonds is 2. The van der Waals surface area contributed by atoms with E-state index in [1.54, 1.807) is 0 Å². The Labute approximate surface area is 140 Å². The molecule has 1 aliphatic heterocycles. The van der Waals surface area contributed by atoms with Gasteiger partial charge in [0.05, 0.1) is 24.4 Å². The number of nitrogens with zero attached hydrogens (tertiary/aromatic N) is 2. The minimum absolute atomic E-state index is 0.174. The van der Waals surface area contributed by atoms with E-state index in [4.69, 9.17) is 4.74 Å². The number of hydrogen-bond donors (Lipinski definition) is 2. The molecular formula is C18H23N3O3. The van der Waals surface area contributed by atoms with Gasteiger partial charge < -0.3 is 14.8 Å². The Kier molecular flexibility index (Phi) is 3.81. The number of aryl methyl sites for hydroxylation is 3. The van der Waals surface area contributed by atoms with Crippen molar-refractivity contribution in [1.29, 1.82) is 0 Å². The van der Waals surface area contributed by atoms with Gasteiger partial charge in [-0.2, -0.15) is 0 Å². The van der Waals surface area contributed by atoms with Gasteiger partial charge in [0.25, 0.3) is 0 Å². The number of aromatic nitrogens is 2. The van der Waals surface area contributed by atoms with Crippen LogP contribution < -0.4 is 0 Å². The monoisotopic (exact) mass is 329 g/mol. The summed E-state index contributed by atoms with van der Waals surface area (Å²) in [5.41, 5.74) is 5.27. The van der Waals surface area contributed by atoms with Crippen LogP contribution in [0.5, 0.6) is 0 Å². The van der Waals surface area contributed by atoms with Crippen molar-refractivity contribution in [2.75, 3.05) is 26.3 Å². The summed E-state index contributed by atoms with van der Waals surface area (Å²) in [6.45, 7) is 7.19. The third-order valence-corrected chi connectivity index (χ3v) is 5.42. The van der Waals surface area contributed by atoms with Crippen molar-refractivity contribution in [2.24, 2.45) is 0 Å². The summed E-state index contributed by atoms with van der Waals surface area (Å²) in [6, 6.07) is 0.341. The fourth-order valence-electron chi connectivity index (χ4n) is 4.30. The molecule has 6 nitrogen and oxygen atoms in total. The van der Waals surface area contributed by atoms with Gasteiger partial charge in [-0.25, -0.2) is 9.78 Å². The Morgan fingerprint density at radius 1 is 1.33 bits per heavy atom. The van der Waals surface area contributed by atoms with Crippen LogP contribution in [0.4, 0.5) is 0 Å². The van der Waals surface area contributed by atoms with Gasteiger partial charge in [-0.05, 0) is 44.2 Å². The summed E-state index contributed by atoms with van der Waals surface area (Å²) in [5.74, 6) is -0.953. The highest BCUT2D eigenvalue weighted by Gasteiger charge is 2.32. The van der Waals surface area contributed by atoms with Crippen LogP contribution in [0, 0.1) is 13.8 Å². The molecular weight excluding hydrogens is 306 g/mol. The highest BCUT2D eigenvalue weighted by atomic mass is 16.5. The number of H-pyrrole nitrogens is 1. The highest BCUT2D eigenvalue weighted by Crippen LogP contribution is 2.41. The minimum atomic E-state index is -0.953. The summed E-state index contributed by atoms with van der Waals surface area (Å²) < 4.78 is 5.50. The van der Waals surface area contributed by atoms with Gasteiger partial charge in [-0.3, -0.25) is 4.90 Å². The molecule has 0 radical (unpaired) electrons. The van der Waals surface area contributed by atoms with Crippen molar-refractivity contribution in [3.63, 3.8) is 0 Å². The van der Waals surface area contributed by atoms with Gasteiger partial charge in [0.2, 0.25) is 0 Å². The maximum Gasteiger partial charge on any atom is 0.354 e. The molecule has 0 spiro atoms. The maximum atomic E-state index is 11.6. The van der Waals surface area contributed by atoms with Gasteiger partial charge in [-0.1, -0.05) is 0 Å². The lowest BCUT2D eigenvalue weighted by Crippen LogP contribution is -2.40. The fraction of sp³-hybridized carbons (Fsp3) is 0.556. The van der Waals surface area contributed by atoms with E-state index < -0.39 is 5.97 Å². The Hall–Kier alpha value is -1.92. The second kappa shape index (κ2) is 5.86. The molecule has 1 fully saturated rings. The van der Waals surface area contributed by atoms with Crippen LogP contribution in [0.1, 0.15) is 51.9 Å². The van der Waals surface area contributed by atoms with Crippen LogP contribution in [-0.2, 0) is 11.2 Å². The third kappa shape index (κ3) is 2.32. The Balaban J connectivity index is 1.93. The minimum Gasteiger partial charge on any atom is -0.477 e. The Bertz CT molecular complexity index is 806. The van der Waals surface area contributed by atoms with Crippen molar-refractivity contribution in [3.8, 4) is 0 Å². The van der Waals surface area contributed by atoms with Crippen molar-refractivity contribution >= 4 is 16.9 Å². The van der Waals surface area contributed by atoms with Crippen LogP contribution in [0.25, 0.3) is 10.9 Å². The SMILES string of the molecule is Cc1nc(C(=O)O)c(C)c2c3c([nH]c12)CCCC3N1CCOCC1. The second-order valence-electron chi connectivity index (χ2n) is 6.80. The van der Waals surface area contributed by atoms with Crippen LogP contribution in [0.3, 0.4) is 0 Å². The van der Waals surface area contributed by atoms with Crippen LogP contribution in [0.2, 0.25) is 0 Å². The average Bonchev–Trinajstić information content (AvgIpc) is 2.99. The molecule has 0 aromatic carbocycles. The summed E-state index contributed by atoms with van der Waals surface area (Å²) in [4.78, 5) is 21.9. The number of nitrogens with one attached hydrogen (secondary N) is 1. The van der Waals surface area contributed by atoms with Gasteiger partial charge >= 0.3 is 5.97 Å². The van der Waals surface area contributed by atoms with Gasteiger partial charge in [0.15, 0.2) is 5.69 Å². The molecule has 2 aromatic rings.